The Balaban J connectivity index is 2.24. The Bertz CT molecular complexity index is 404. The van der Waals surface area contributed by atoms with E-state index < -0.39 is 0 Å². The van der Waals surface area contributed by atoms with Crippen LogP contribution in [-0.2, 0) is 0 Å². The Morgan fingerprint density at radius 1 is 1.20 bits per heavy atom. The van der Waals surface area contributed by atoms with Crippen molar-refractivity contribution in [1.29, 1.82) is 0 Å². The lowest BCUT2D eigenvalue weighted by Gasteiger charge is -2.38. The van der Waals surface area contributed by atoms with E-state index in [0.29, 0.717) is 6.04 Å². The first-order chi connectivity index (χ1) is 9.77. The van der Waals surface area contributed by atoms with Crippen molar-refractivity contribution in [2.45, 2.75) is 58.4 Å². The van der Waals surface area contributed by atoms with Gasteiger partial charge in [-0.15, -0.1) is 0 Å². The Kier molecular flexibility index (Phi) is 6.57. The topological polar surface area (TPSA) is 12.0 Å². The quantitative estimate of drug-likeness (QED) is 0.701. The Hall–Kier alpha value is -0.340. The van der Waals surface area contributed by atoms with Crippen LogP contribution in [-0.4, -0.2) is 6.54 Å². The second-order valence-electron chi connectivity index (χ2n) is 6.07. The molecule has 3 atom stereocenters. The van der Waals surface area contributed by atoms with Crippen LogP contribution < -0.4 is 5.32 Å². The molecule has 1 fully saturated rings. The van der Waals surface area contributed by atoms with Crippen LogP contribution in [0.25, 0.3) is 0 Å². The van der Waals surface area contributed by atoms with Crippen LogP contribution in [0, 0.1) is 11.8 Å². The van der Waals surface area contributed by atoms with Gasteiger partial charge in [0.2, 0.25) is 0 Å². The van der Waals surface area contributed by atoms with Crippen molar-refractivity contribution in [3.63, 3.8) is 0 Å². The number of nitrogens with one attached hydrogen (secondary N) is 1. The summed E-state index contributed by atoms with van der Waals surface area (Å²) in [6, 6.07) is 9.27. The van der Waals surface area contributed by atoms with E-state index in [1.807, 2.05) is 0 Å². The third-order valence-electron chi connectivity index (χ3n) is 4.77. The van der Waals surface area contributed by atoms with E-state index in [-0.39, 0.29) is 0 Å². The van der Waals surface area contributed by atoms with Gasteiger partial charge in [-0.1, -0.05) is 73.7 Å². The summed E-state index contributed by atoms with van der Waals surface area (Å²) in [5.74, 6) is 1.67. The van der Waals surface area contributed by atoms with Crippen molar-refractivity contribution in [3.05, 3.63) is 34.3 Å². The molecule has 2 rings (SSSR count). The molecule has 0 radical (unpaired) electrons. The molecule has 1 N–H and O–H groups in total. The van der Waals surface area contributed by atoms with E-state index in [0.717, 1.165) is 18.4 Å². The first-order valence-corrected chi connectivity index (χ1v) is 9.05. The van der Waals surface area contributed by atoms with Crippen LogP contribution in [0.4, 0.5) is 0 Å². The lowest BCUT2D eigenvalue weighted by Crippen LogP contribution is -2.35. The van der Waals surface area contributed by atoms with Gasteiger partial charge in [-0.3, -0.25) is 0 Å². The molecule has 3 unspecified atom stereocenters. The van der Waals surface area contributed by atoms with Crippen LogP contribution in [0.1, 0.15) is 64.0 Å². The molecule has 0 aliphatic heterocycles. The molecule has 1 aliphatic carbocycles. The summed E-state index contributed by atoms with van der Waals surface area (Å²) < 4.78 is 1.26. The Labute approximate surface area is 132 Å². The molecule has 1 aliphatic rings. The fourth-order valence-corrected chi connectivity index (χ4v) is 4.23. The SMILES string of the molecule is CCCNC(c1ccccc1Br)C1CCCCC1CC. The monoisotopic (exact) mass is 337 g/mol. The summed E-state index contributed by atoms with van der Waals surface area (Å²) in [7, 11) is 0. The predicted octanol–water partition coefficient (Wildman–Crippen LogP) is 5.71. The largest absolute Gasteiger partial charge is 0.310 e. The average Bonchev–Trinajstić information content (AvgIpc) is 2.49. The van der Waals surface area contributed by atoms with Gasteiger partial charge in [0, 0.05) is 10.5 Å². The molecule has 2 heteroatoms. The standard InChI is InChI=1S/C18H28BrN/c1-3-13-20-18(16-11-7-8-12-17(16)19)15-10-6-5-9-14(15)4-2/h7-8,11-12,14-15,18,20H,3-6,9-10,13H2,1-2H3. The van der Waals surface area contributed by atoms with Gasteiger partial charge in [-0.05, 0) is 42.9 Å². The van der Waals surface area contributed by atoms with Crippen molar-refractivity contribution < 1.29 is 0 Å². The third-order valence-corrected chi connectivity index (χ3v) is 5.50. The molecule has 1 aromatic carbocycles. The van der Waals surface area contributed by atoms with Crippen LogP contribution in [0.3, 0.4) is 0 Å². The van der Waals surface area contributed by atoms with Gasteiger partial charge in [0.15, 0.2) is 0 Å². The molecule has 0 spiro atoms. The van der Waals surface area contributed by atoms with Crippen molar-refractivity contribution in [3.8, 4) is 0 Å². The van der Waals surface area contributed by atoms with Crippen LogP contribution in [0.15, 0.2) is 28.7 Å². The number of hydrogen-bond acceptors (Lipinski definition) is 1. The summed E-state index contributed by atoms with van der Waals surface area (Å²) in [6.07, 6.45) is 8.13. The second kappa shape index (κ2) is 8.19. The Morgan fingerprint density at radius 2 is 1.95 bits per heavy atom. The molecular formula is C18H28BrN. The van der Waals surface area contributed by atoms with Gasteiger partial charge in [-0.2, -0.15) is 0 Å². The zero-order chi connectivity index (χ0) is 14.4. The molecule has 20 heavy (non-hydrogen) atoms. The highest BCUT2D eigenvalue weighted by Crippen LogP contribution is 2.41. The molecule has 0 aromatic heterocycles. The third kappa shape index (κ3) is 3.85. The van der Waals surface area contributed by atoms with Crippen molar-refractivity contribution in [1.82, 2.24) is 5.32 Å². The fourth-order valence-electron chi connectivity index (χ4n) is 3.70. The smallest absolute Gasteiger partial charge is 0.0362 e. The summed E-state index contributed by atoms with van der Waals surface area (Å²) in [6.45, 7) is 5.72. The van der Waals surface area contributed by atoms with Gasteiger partial charge < -0.3 is 5.32 Å². The predicted molar refractivity (Wildman–Crippen MR) is 90.9 cm³/mol. The summed E-state index contributed by atoms with van der Waals surface area (Å²) in [5, 5.41) is 3.83. The first kappa shape index (κ1) is 16.0. The first-order valence-electron chi connectivity index (χ1n) is 8.25. The highest BCUT2D eigenvalue weighted by Gasteiger charge is 2.32. The Morgan fingerprint density at radius 3 is 2.65 bits per heavy atom. The van der Waals surface area contributed by atoms with Crippen molar-refractivity contribution in [2.24, 2.45) is 11.8 Å². The van der Waals surface area contributed by atoms with E-state index in [1.54, 1.807) is 0 Å². The lowest BCUT2D eigenvalue weighted by molar-refractivity contribution is 0.175. The molecule has 1 saturated carbocycles. The highest BCUT2D eigenvalue weighted by atomic mass is 79.9. The average molecular weight is 338 g/mol. The van der Waals surface area contributed by atoms with Gasteiger partial charge in [0.1, 0.15) is 0 Å². The van der Waals surface area contributed by atoms with E-state index in [9.17, 15) is 0 Å². The maximum atomic E-state index is 3.83. The highest BCUT2D eigenvalue weighted by molar-refractivity contribution is 9.10. The van der Waals surface area contributed by atoms with Crippen LogP contribution >= 0.6 is 15.9 Å². The number of halogens is 1. The fraction of sp³-hybridized carbons (Fsp3) is 0.667. The maximum absolute atomic E-state index is 3.83. The maximum Gasteiger partial charge on any atom is 0.0362 e. The van der Waals surface area contributed by atoms with E-state index in [4.69, 9.17) is 0 Å². The summed E-state index contributed by atoms with van der Waals surface area (Å²) in [5.41, 5.74) is 1.45. The van der Waals surface area contributed by atoms with E-state index in [1.165, 1.54) is 48.6 Å². The number of hydrogen-bond donors (Lipinski definition) is 1. The molecular weight excluding hydrogens is 310 g/mol. The van der Waals surface area contributed by atoms with Gasteiger partial charge >= 0.3 is 0 Å². The van der Waals surface area contributed by atoms with Crippen molar-refractivity contribution in [2.75, 3.05) is 6.54 Å². The van der Waals surface area contributed by atoms with Gasteiger partial charge in [0.25, 0.3) is 0 Å². The van der Waals surface area contributed by atoms with Crippen molar-refractivity contribution >= 4 is 15.9 Å². The van der Waals surface area contributed by atoms with Gasteiger partial charge in [-0.25, -0.2) is 0 Å². The van der Waals surface area contributed by atoms with Gasteiger partial charge in [0.05, 0.1) is 0 Å². The zero-order valence-corrected chi connectivity index (χ0v) is 14.5. The molecule has 0 amide bonds. The number of benzene rings is 1. The molecule has 112 valence electrons. The normalized spacial score (nSPS) is 24.6. The van der Waals surface area contributed by atoms with E-state index >= 15 is 0 Å². The molecule has 1 aromatic rings. The molecule has 0 heterocycles. The van der Waals surface area contributed by atoms with E-state index in [2.05, 4.69) is 59.4 Å². The second-order valence-corrected chi connectivity index (χ2v) is 6.92. The number of rotatable bonds is 6. The lowest BCUT2D eigenvalue weighted by atomic mass is 9.72. The minimum Gasteiger partial charge on any atom is -0.310 e. The van der Waals surface area contributed by atoms with Crippen LogP contribution in [0.2, 0.25) is 0 Å². The zero-order valence-electron chi connectivity index (χ0n) is 12.9. The van der Waals surface area contributed by atoms with Crippen LogP contribution in [0.5, 0.6) is 0 Å². The molecule has 0 bridgehead atoms. The summed E-state index contributed by atoms with van der Waals surface area (Å²) in [4.78, 5) is 0. The minimum absolute atomic E-state index is 0.510. The molecule has 1 nitrogen and oxygen atoms in total. The molecule has 0 saturated heterocycles. The minimum atomic E-state index is 0.510. The summed E-state index contributed by atoms with van der Waals surface area (Å²) >= 11 is 3.76.